The van der Waals surface area contributed by atoms with Crippen molar-refractivity contribution in [2.75, 3.05) is 5.73 Å². The van der Waals surface area contributed by atoms with Gasteiger partial charge in [-0.1, -0.05) is 24.4 Å². The van der Waals surface area contributed by atoms with Gasteiger partial charge in [-0.25, -0.2) is 0 Å². The fourth-order valence-corrected chi connectivity index (χ4v) is 1.90. The van der Waals surface area contributed by atoms with Crippen LogP contribution in [0.3, 0.4) is 0 Å². The highest BCUT2D eigenvalue weighted by Crippen LogP contribution is 2.34. The van der Waals surface area contributed by atoms with Crippen LogP contribution < -0.4 is 5.73 Å². The number of anilines is 1. The Morgan fingerprint density at radius 3 is 2.73 bits per heavy atom. The minimum absolute atomic E-state index is 0.149. The van der Waals surface area contributed by atoms with Crippen LogP contribution in [0.25, 0.3) is 0 Å². The standard InChI is InChI=1S/C12H14ClNO/c13-10-5-9(6-11(14)7-10)12(15)4-3-8-1-2-8/h5-8H,1-4,14H2. The molecule has 0 atom stereocenters. The third-order valence-electron chi connectivity index (χ3n) is 2.72. The summed E-state index contributed by atoms with van der Waals surface area (Å²) in [6.45, 7) is 0. The molecule has 0 unspecified atom stereocenters. The first-order chi connectivity index (χ1) is 7.15. The summed E-state index contributed by atoms with van der Waals surface area (Å²) in [7, 11) is 0. The number of nitrogen functional groups attached to an aromatic ring is 1. The van der Waals surface area contributed by atoms with Crippen molar-refractivity contribution in [3.05, 3.63) is 28.8 Å². The smallest absolute Gasteiger partial charge is 0.163 e. The molecule has 1 aromatic rings. The number of hydrogen-bond donors (Lipinski definition) is 1. The van der Waals surface area contributed by atoms with Gasteiger partial charge in [-0.2, -0.15) is 0 Å². The third kappa shape index (κ3) is 2.96. The molecule has 1 aromatic carbocycles. The predicted octanol–water partition coefficient (Wildman–Crippen LogP) is 3.30. The van der Waals surface area contributed by atoms with Crippen molar-refractivity contribution in [1.29, 1.82) is 0 Å². The highest BCUT2D eigenvalue weighted by Gasteiger charge is 2.22. The molecule has 1 aliphatic carbocycles. The lowest BCUT2D eigenvalue weighted by Crippen LogP contribution is -2.00. The van der Waals surface area contributed by atoms with Crippen LogP contribution in [0.2, 0.25) is 5.02 Å². The van der Waals surface area contributed by atoms with Gasteiger partial charge in [0.1, 0.15) is 0 Å². The molecule has 0 radical (unpaired) electrons. The fraction of sp³-hybridized carbons (Fsp3) is 0.417. The Bertz CT molecular complexity index is 365. The van der Waals surface area contributed by atoms with Crippen molar-refractivity contribution in [3.8, 4) is 0 Å². The second-order valence-corrected chi connectivity index (χ2v) is 4.61. The van der Waals surface area contributed by atoms with E-state index in [1.807, 2.05) is 0 Å². The zero-order valence-corrected chi connectivity index (χ0v) is 9.26. The van der Waals surface area contributed by atoms with Crippen molar-refractivity contribution in [2.24, 2.45) is 5.92 Å². The van der Waals surface area contributed by atoms with Crippen molar-refractivity contribution in [2.45, 2.75) is 25.7 Å². The van der Waals surface area contributed by atoms with Crippen LogP contribution in [0.5, 0.6) is 0 Å². The number of Topliss-reactive ketones (excluding diaryl/α,β-unsaturated/α-hetero) is 1. The Hall–Kier alpha value is -1.02. The maximum atomic E-state index is 11.8. The molecule has 15 heavy (non-hydrogen) atoms. The van der Waals surface area contributed by atoms with Gasteiger partial charge in [-0.3, -0.25) is 4.79 Å². The van der Waals surface area contributed by atoms with Crippen molar-refractivity contribution in [1.82, 2.24) is 0 Å². The molecule has 0 bridgehead atoms. The molecule has 80 valence electrons. The molecule has 0 aromatic heterocycles. The van der Waals surface area contributed by atoms with E-state index in [1.165, 1.54) is 12.8 Å². The quantitative estimate of drug-likeness (QED) is 0.629. The molecule has 1 aliphatic rings. The first-order valence-corrected chi connectivity index (χ1v) is 5.62. The molecule has 3 heteroatoms. The maximum Gasteiger partial charge on any atom is 0.163 e. The number of nitrogens with two attached hydrogens (primary N) is 1. The molecule has 2 N–H and O–H groups in total. The summed E-state index contributed by atoms with van der Waals surface area (Å²) in [5.74, 6) is 0.932. The summed E-state index contributed by atoms with van der Waals surface area (Å²) in [5.41, 5.74) is 6.82. The van der Waals surface area contributed by atoms with Crippen LogP contribution in [0.4, 0.5) is 5.69 Å². The predicted molar refractivity (Wildman–Crippen MR) is 62.2 cm³/mol. The summed E-state index contributed by atoms with van der Waals surface area (Å²) in [6, 6.07) is 5.04. The van der Waals surface area contributed by atoms with Gasteiger partial charge in [-0.05, 0) is 30.5 Å². The minimum Gasteiger partial charge on any atom is -0.399 e. The largest absolute Gasteiger partial charge is 0.399 e. The molecule has 2 nitrogen and oxygen atoms in total. The molecule has 1 saturated carbocycles. The van der Waals surface area contributed by atoms with Crippen LogP contribution in [-0.4, -0.2) is 5.78 Å². The number of carbonyl (C=O) groups is 1. The highest BCUT2D eigenvalue weighted by atomic mass is 35.5. The highest BCUT2D eigenvalue weighted by molar-refractivity contribution is 6.31. The molecule has 0 spiro atoms. The molecule has 0 heterocycles. The van der Waals surface area contributed by atoms with E-state index in [0.29, 0.717) is 22.7 Å². The van der Waals surface area contributed by atoms with E-state index in [2.05, 4.69) is 0 Å². The average Bonchev–Trinajstić information content (AvgIpc) is 2.96. The molecule has 0 saturated heterocycles. The first kappa shape index (κ1) is 10.5. The molecule has 0 amide bonds. The van der Waals surface area contributed by atoms with Crippen LogP contribution >= 0.6 is 11.6 Å². The van der Waals surface area contributed by atoms with Crippen molar-refractivity contribution < 1.29 is 4.79 Å². The number of carbonyl (C=O) groups excluding carboxylic acids is 1. The van der Waals surface area contributed by atoms with Crippen LogP contribution in [-0.2, 0) is 0 Å². The number of hydrogen-bond acceptors (Lipinski definition) is 2. The van der Waals surface area contributed by atoms with E-state index in [0.717, 1.165) is 12.3 Å². The lowest BCUT2D eigenvalue weighted by Gasteiger charge is -2.02. The Labute approximate surface area is 94.4 Å². The van der Waals surface area contributed by atoms with Gasteiger partial charge >= 0.3 is 0 Å². The van der Waals surface area contributed by atoms with Gasteiger partial charge < -0.3 is 5.73 Å². The monoisotopic (exact) mass is 223 g/mol. The topological polar surface area (TPSA) is 43.1 Å². The maximum absolute atomic E-state index is 11.8. The number of halogens is 1. The lowest BCUT2D eigenvalue weighted by atomic mass is 10.0. The van der Waals surface area contributed by atoms with Gasteiger partial charge in [0.25, 0.3) is 0 Å². The summed E-state index contributed by atoms with van der Waals surface area (Å²) in [5, 5.41) is 0.532. The molecule has 2 rings (SSSR count). The third-order valence-corrected chi connectivity index (χ3v) is 2.94. The van der Waals surface area contributed by atoms with E-state index < -0.39 is 0 Å². The summed E-state index contributed by atoms with van der Waals surface area (Å²) < 4.78 is 0. The average molecular weight is 224 g/mol. The normalized spacial score (nSPS) is 15.3. The van der Waals surface area contributed by atoms with Gasteiger partial charge in [0, 0.05) is 22.7 Å². The second-order valence-electron chi connectivity index (χ2n) is 4.18. The molecule has 0 aliphatic heterocycles. The molecule has 1 fully saturated rings. The van der Waals surface area contributed by atoms with E-state index in [4.69, 9.17) is 17.3 Å². The Morgan fingerprint density at radius 2 is 2.13 bits per heavy atom. The molecular weight excluding hydrogens is 210 g/mol. The Kier molecular flexibility index (Phi) is 2.96. The van der Waals surface area contributed by atoms with Gasteiger partial charge in [0.05, 0.1) is 0 Å². The minimum atomic E-state index is 0.149. The molecular formula is C12H14ClNO. The second kappa shape index (κ2) is 4.23. The lowest BCUT2D eigenvalue weighted by molar-refractivity contribution is 0.0978. The zero-order chi connectivity index (χ0) is 10.8. The van der Waals surface area contributed by atoms with Crippen LogP contribution in [0.15, 0.2) is 18.2 Å². The van der Waals surface area contributed by atoms with Crippen LogP contribution in [0.1, 0.15) is 36.0 Å². The van der Waals surface area contributed by atoms with E-state index in [-0.39, 0.29) is 5.78 Å². The van der Waals surface area contributed by atoms with Gasteiger partial charge in [-0.15, -0.1) is 0 Å². The van der Waals surface area contributed by atoms with Gasteiger partial charge in [0.15, 0.2) is 5.78 Å². The van der Waals surface area contributed by atoms with Gasteiger partial charge in [0.2, 0.25) is 0 Å². The van der Waals surface area contributed by atoms with E-state index in [9.17, 15) is 4.79 Å². The zero-order valence-electron chi connectivity index (χ0n) is 8.50. The number of benzene rings is 1. The Morgan fingerprint density at radius 1 is 1.40 bits per heavy atom. The fourth-order valence-electron chi connectivity index (χ4n) is 1.66. The first-order valence-electron chi connectivity index (χ1n) is 5.24. The SMILES string of the molecule is Nc1cc(Cl)cc(C(=O)CCC2CC2)c1. The summed E-state index contributed by atoms with van der Waals surface area (Å²) >= 11 is 5.84. The number of rotatable bonds is 4. The van der Waals surface area contributed by atoms with E-state index >= 15 is 0 Å². The summed E-state index contributed by atoms with van der Waals surface area (Å²) in [6.07, 6.45) is 4.19. The Balaban J connectivity index is 2.02. The summed E-state index contributed by atoms with van der Waals surface area (Å²) in [4.78, 5) is 11.8. The van der Waals surface area contributed by atoms with Crippen molar-refractivity contribution >= 4 is 23.1 Å². The van der Waals surface area contributed by atoms with Crippen molar-refractivity contribution in [3.63, 3.8) is 0 Å². The number of ketones is 1. The van der Waals surface area contributed by atoms with Crippen LogP contribution in [0, 0.1) is 5.92 Å². The van der Waals surface area contributed by atoms with E-state index in [1.54, 1.807) is 18.2 Å².